The van der Waals surface area contributed by atoms with Gasteiger partial charge in [0.2, 0.25) is 0 Å². The van der Waals surface area contributed by atoms with Gasteiger partial charge in [-0.2, -0.15) is 0 Å². The maximum absolute atomic E-state index is 11.5. The lowest BCUT2D eigenvalue weighted by molar-refractivity contribution is 0.357. The van der Waals surface area contributed by atoms with Crippen LogP contribution >= 0.6 is 0 Å². The van der Waals surface area contributed by atoms with E-state index >= 15 is 0 Å². The van der Waals surface area contributed by atoms with E-state index in [0.717, 1.165) is 37.3 Å². The SMILES string of the molecule is CC(NCCc1ccc2c(c1)CCO2)c1ccc(S(C)(=O)=O)cc1. The number of hydrogen-bond donors (Lipinski definition) is 1. The van der Waals surface area contributed by atoms with Crippen LogP contribution in [0.4, 0.5) is 0 Å². The van der Waals surface area contributed by atoms with Gasteiger partial charge >= 0.3 is 0 Å². The highest BCUT2D eigenvalue weighted by Gasteiger charge is 2.12. The molecule has 1 unspecified atom stereocenters. The normalized spacial score (nSPS) is 14.9. The zero-order valence-electron chi connectivity index (χ0n) is 14.1. The van der Waals surface area contributed by atoms with E-state index in [4.69, 9.17) is 4.74 Å². The summed E-state index contributed by atoms with van der Waals surface area (Å²) in [5.74, 6) is 1.02. The van der Waals surface area contributed by atoms with Crippen LogP contribution in [0.1, 0.15) is 29.7 Å². The molecule has 1 heterocycles. The summed E-state index contributed by atoms with van der Waals surface area (Å²) in [4.78, 5) is 0.360. The van der Waals surface area contributed by atoms with Gasteiger partial charge in [0.05, 0.1) is 11.5 Å². The van der Waals surface area contributed by atoms with Gasteiger partial charge in [-0.1, -0.05) is 24.3 Å². The van der Waals surface area contributed by atoms with E-state index in [1.807, 2.05) is 12.1 Å². The first kappa shape index (κ1) is 17.0. The standard InChI is InChI=1S/C19H23NO3S/c1-14(16-4-6-18(7-5-16)24(2,21)22)20-11-9-15-3-8-19-17(13-15)10-12-23-19/h3-8,13-14,20H,9-12H2,1-2H3. The highest BCUT2D eigenvalue weighted by atomic mass is 32.2. The van der Waals surface area contributed by atoms with Crippen LogP contribution in [0.15, 0.2) is 47.4 Å². The summed E-state index contributed by atoms with van der Waals surface area (Å²) in [6, 6.07) is 13.7. The fraction of sp³-hybridized carbons (Fsp3) is 0.368. The van der Waals surface area contributed by atoms with Gasteiger partial charge in [-0.3, -0.25) is 0 Å². The maximum Gasteiger partial charge on any atom is 0.175 e. The van der Waals surface area contributed by atoms with Gasteiger partial charge in [-0.15, -0.1) is 0 Å². The van der Waals surface area contributed by atoms with Gasteiger partial charge in [0.1, 0.15) is 5.75 Å². The van der Waals surface area contributed by atoms with Crippen LogP contribution in [0, 0.1) is 0 Å². The summed E-state index contributed by atoms with van der Waals surface area (Å²) >= 11 is 0. The second-order valence-electron chi connectivity index (χ2n) is 6.31. The van der Waals surface area contributed by atoms with Crippen LogP contribution in [0.5, 0.6) is 5.75 Å². The smallest absolute Gasteiger partial charge is 0.175 e. The molecule has 0 amide bonds. The van der Waals surface area contributed by atoms with Crippen molar-refractivity contribution in [3.63, 3.8) is 0 Å². The molecule has 1 aliphatic rings. The fourth-order valence-corrected chi connectivity index (χ4v) is 3.58. The lowest BCUT2D eigenvalue weighted by atomic mass is 10.1. The highest BCUT2D eigenvalue weighted by Crippen LogP contribution is 2.26. The van der Waals surface area contributed by atoms with E-state index in [1.54, 1.807) is 12.1 Å². The molecule has 128 valence electrons. The average Bonchev–Trinajstić information content (AvgIpc) is 3.02. The third-order valence-electron chi connectivity index (χ3n) is 4.43. The molecule has 0 spiro atoms. The number of fused-ring (bicyclic) bond motifs is 1. The van der Waals surface area contributed by atoms with Crippen LogP contribution in [-0.4, -0.2) is 27.8 Å². The van der Waals surface area contributed by atoms with E-state index in [-0.39, 0.29) is 6.04 Å². The third-order valence-corrected chi connectivity index (χ3v) is 5.55. The highest BCUT2D eigenvalue weighted by molar-refractivity contribution is 7.90. The largest absolute Gasteiger partial charge is 0.493 e. The average molecular weight is 345 g/mol. The van der Waals surface area contributed by atoms with Crippen LogP contribution in [-0.2, 0) is 22.7 Å². The number of sulfone groups is 1. The molecule has 5 heteroatoms. The van der Waals surface area contributed by atoms with Crippen molar-refractivity contribution in [2.75, 3.05) is 19.4 Å². The predicted octanol–water partition coefficient (Wildman–Crippen LogP) is 2.92. The van der Waals surface area contributed by atoms with E-state index in [9.17, 15) is 8.42 Å². The van der Waals surface area contributed by atoms with Crippen molar-refractivity contribution in [3.05, 3.63) is 59.2 Å². The molecule has 1 aliphatic heterocycles. The van der Waals surface area contributed by atoms with Crippen molar-refractivity contribution < 1.29 is 13.2 Å². The maximum atomic E-state index is 11.5. The molecular weight excluding hydrogens is 322 g/mol. The van der Waals surface area contributed by atoms with Crippen LogP contribution < -0.4 is 10.1 Å². The Hall–Kier alpha value is -1.85. The van der Waals surface area contributed by atoms with Crippen molar-refractivity contribution in [2.24, 2.45) is 0 Å². The Morgan fingerprint density at radius 2 is 1.92 bits per heavy atom. The minimum atomic E-state index is -3.13. The van der Waals surface area contributed by atoms with Gasteiger partial charge in [-0.25, -0.2) is 8.42 Å². The van der Waals surface area contributed by atoms with E-state index in [0.29, 0.717) is 4.90 Å². The van der Waals surface area contributed by atoms with Crippen LogP contribution in [0.3, 0.4) is 0 Å². The first-order valence-corrected chi connectivity index (χ1v) is 10.1. The van der Waals surface area contributed by atoms with E-state index in [2.05, 4.69) is 30.4 Å². The molecule has 0 saturated carbocycles. The predicted molar refractivity (Wildman–Crippen MR) is 95.3 cm³/mol. The van der Waals surface area contributed by atoms with Gasteiger partial charge < -0.3 is 10.1 Å². The quantitative estimate of drug-likeness (QED) is 0.875. The molecule has 0 aromatic heterocycles. The molecule has 2 aromatic rings. The molecule has 2 aromatic carbocycles. The third kappa shape index (κ3) is 3.97. The van der Waals surface area contributed by atoms with Crippen molar-refractivity contribution in [3.8, 4) is 5.75 Å². The Morgan fingerprint density at radius 3 is 2.62 bits per heavy atom. The van der Waals surface area contributed by atoms with E-state index in [1.165, 1.54) is 17.4 Å². The van der Waals surface area contributed by atoms with Crippen molar-refractivity contribution in [1.82, 2.24) is 5.32 Å². The Morgan fingerprint density at radius 1 is 1.17 bits per heavy atom. The second-order valence-corrected chi connectivity index (χ2v) is 8.32. The summed E-state index contributed by atoms with van der Waals surface area (Å²) in [5.41, 5.74) is 3.70. The van der Waals surface area contributed by atoms with Crippen LogP contribution in [0.2, 0.25) is 0 Å². The van der Waals surface area contributed by atoms with Gasteiger partial charge in [0.15, 0.2) is 9.84 Å². The minimum Gasteiger partial charge on any atom is -0.493 e. The van der Waals surface area contributed by atoms with Crippen molar-refractivity contribution in [1.29, 1.82) is 0 Å². The first-order chi connectivity index (χ1) is 11.4. The summed E-state index contributed by atoms with van der Waals surface area (Å²) in [5, 5.41) is 3.49. The monoisotopic (exact) mass is 345 g/mol. The Balaban J connectivity index is 1.55. The molecule has 4 nitrogen and oxygen atoms in total. The number of nitrogens with one attached hydrogen (secondary N) is 1. The Bertz CT molecular complexity index is 813. The van der Waals surface area contributed by atoms with Gasteiger partial charge in [-0.05, 0) is 54.8 Å². The zero-order valence-corrected chi connectivity index (χ0v) is 14.9. The Labute approximate surface area is 143 Å². The lowest BCUT2D eigenvalue weighted by Crippen LogP contribution is -2.21. The molecule has 0 bridgehead atoms. The summed E-state index contributed by atoms with van der Waals surface area (Å²) in [6.07, 6.45) is 3.18. The summed E-state index contributed by atoms with van der Waals surface area (Å²) in [6.45, 7) is 3.75. The zero-order chi connectivity index (χ0) is 17.2. The molecule has 0 fully saturated rings. The van der Waals surface area contributed by atoms with Crippen molar-refractivity contribution >= 4 is 9.84 Å². The van der Waals surface area contributed by atoms with Crippen molar-refractivity contribution in [2.45, 2.75) is 30.7 Å². The van der Waals surface area contributed by atoms with Gasteiger partial charge in [0.25, 0.3) is 0 Å². The molecule has 0 radical (unpaired) electrons. The number of hydrogen-bond acceptors (Lipinski definition) is 4. The fourth-order valence-electron chi connectivity index (χ4n) is 2.95. The minimum absolute atomic E-state index is 0.177. The number of ether oxygens (including phenoxy) is 1. The summed E-state index contributed by atoms with van der Waals surface area (Å²) < 4.78 is 28.5. The molecular formula is C19H23NO3S. The molecule has 0 aliphatic carbocycles. The Kier molecular flexibility index (Phi) is 4.92. The molecule has 1 atom stereocenters. The van der Waals surface area contributed by atoms with Crippen LogP contribution in [0.25, 0.3) is 0 Å². The lowest BCUT2D eigenvalue weighted by Gasteiger charge is -2.15. The first-order valence-electron chi connectivity index (χ1n) is 8.21. The molecule has 3 rings (SSSR count). The molecule has 1 N–H and O–H groups in total. The molecule has 24 heavy (non-hydrogen) atoms. The topological polar surface area (TPSA) is 55.4 Å². The van der Waals surface area contributed by atoms with E-state index < -0.39 is 9.84 Å². The van der Waals surface area contributed by atoms with Gasteiger partial charge in [0, 0.05) is 18.7 Å². The second kappa shape index (κ2) is 6.95. The molecule has 0 saturated heterocycles. The number of benzene rings is 2. The summed E-state index contributed by atoms with van der Waals surface area (Å²) in [7, 11) is -3.13. The number of rotatable bonds is 6.